The van der Waals surface area contributed by atoms with Gasteiger partial charge in [0.1, 0.15) is 0 Å². The van der Waals surface area contributed by atoms with Crippen molar-refractivity contribution in [2.75, 3.05) is 39.5 Å². The molecule has 122 valence electrons. The van der Waals surface area contributed by atoms with Crippen molar-refractivity contribution >= 4 is 12.0 Å². The standard InChI is InChI=1S/C14H26N2O5/c1-2-20-10-3-7-15-14(19)16-8-4-12(5-9-16)21-11-6-13(17)18/h12H,2-11H2,1H3,(H,15,19)(H,17,18). The Kier molecular flexibility index (Phi) is 8.77. The Morgan fingerprint density at radius 3 is 2.62 bits per heavy atom. The number of nitrogens with zero attached hydrogens (tertiary/aromatic N) is 1. The molecule has 0 unspecified atom stereocenters. The van der Waals surface area contributed by atoms with Gasteiger partial charge in [-0.15, -0.1) is 0 Å². The summed E-state index contributed by atoms with van der Waals surface area (Å²) >= 11 is 0. The maximum atomic E-state index is 11.9. The van der Waals surface area contributed by atoms with E-state index in [1.807, 2.05) is 6.92 Å². The minimum absolute atomic E-state index is 0.0283. The van der Waals surface area contributed by atoms with Crippen molar-refractivity contribution in [3.63, 3.8) is 0 Å². The molecular formula is C14H26N2O5. The molecule has 0 spiro atoms. The van der Waals surface area contributed by atoms with Gasteiger partial charge < -0.3 is 24.8 Å². The number of likely N-dealkylation sites (tertiary alicyclic amines) is 1. The molecule has 1 aliphatic heterocycles. The van der Waals surface area contributed by atoms with Crippen LogP contribution in [0.3, 0.4) is 0 Å². The lowest BCUT2D eigenvalue weighted by atomic mass is 10.1. The molecule has 7 nitrogen and oxygen atoms in total. The van der Waals surface area contributed by atoms with E-state index in [0.717, 1.165) is 19.3 Å². The second-order valence-corrected chi connectivity index (χ2v) is 4.98. The van der Waals surface area contributed by atoms with Gasteiger partial charge in [-0.3, -0.25) is 4.79 Å². The highest BCUT2D eigenvalue weighted by molar-refractivity contribution is 5.74. The van der Waals surface area contributed by atoms with Gasteiger partial charge in [0, 0.05) is 32.8 Å². The van der Waals surface area contributed by atoms with E-state index in [4.69, 9.17) is 14.6 Å². The highest BCUT2D eigenvalue weighted by atomic mass is 16.5. The van der Waals surface area contributed by atoms with Gasteiger partial charge in [-0.25, -0.2) is 4.79 Å². The fourth-order valence-electron chi connectivity index (χ4n) is 2.16. The first-order chi connectivity index (χ1) is 10.1. The quantitative estimate of drug-likeness (QED) is 0.622. The van der Waals surface area contributed by atoms with Gasteiger partial charge in [-0.2, -0.15) is 0 Å². The average molecular weight is 302 g/mol. The van der Waals surface area contributed by atoms with Gasteiger partial charge in [0.25, 0.3) is 0 Å². The molecule has 1 aliphatic rings. The molecule has 0 bridgehead atoms. The second-order valence-electron chi connectivity index (χ2n) is 4.98. The van der Waals surface area contributed by atoms with Gasteiger partial charge in [-0.05, 0) is 26.2 Å². The van der Waals surface area contributed by atoms with Gasteiger partial charge >= 0.3 is 12.0 Å². The molecule has 2 amide bonds. The number of piperidine rings is 1. The molecule has 0 aromatic rings. The van der Waals surface area contributed by atoms with Crippen molar-refractivity contribution in [3.05, 3.63) is 0 Å². The zero-order valence-electron chi connectivity index (χ0n) is 12.7. The zero-order chi connectivity index (χ0) is 15.5. The van der Waals surface area contributed by atoms with E-state index in [1.165, 1.54) is 0 Å². The molecule has 0 aromatic heterocycles. The lowest BCUT2D eigenvalue weighted by molar-refractivity contribution is -0.138. The molecule has 0 radical (unpaired) electrons. The Bertz CT molecular complexity index is 316. The van der Waals surface area contributed by atoms with Crippen LogP contribution in [0.4, 0.5) is 4.79 Å². The van der Waals surface area contributed by atoms with E-state index < -0.39 is 5.97 Å². The molecule has 1 saturated heterocycles. The summed E-state index contributed by atoms with van der Waals surface area (Å²) in [5.74, 6) is -0.848. The fraction of sp³-hybridized carbons (Fsp3) is 0.857. The molecule has 1 heterocycles. The number of carboxylic acids is 1. The van der Waals surface area contributed by atoms with Crippen LogP contribution >= 0.6 is 0 Å². The number of carboxylic acid groups (broad SMARTS) is 1. The monoisotopic (exact) mass is 302 g/mol. The number of ether oxygens (including phenoxy) is 2. The largest absolute Gasteiger partial charge is 0.481 e. The number of carbonyl (C=O) groups is 2. The summed E-state index contributed by atoms with van der Waals surface area (Å²) in [6.45, 7) is 5.46. The third kappa shape index (κ3) is 7.87. The Morgan fingerprint density at radius 2 is 2.00 bits per heavy atom. The third-order valence-corrected chi connectivity index (χ3v) is 3.34. The molecule has 0 saturated carbocycles. The van der Waals surface area contributed by atoms with Crippen LogP contribution in [0, 0.1) is 0 Å². The van der Waals surface area contributed by atoms with Gasteiger partial charge in [0.15, 0.2) is 0 Å². The Balaban J connectivity index is 2.08. The maximum Gasteiger partial charge on any atom is 0.317 e. The first-order valence-electron chi connectivity index (χ1n) is 7.57. The number of amides is 2. The number of hydrogen-bond donors (Lipinski definition) is 2. The summed E-state index contributed by atoms with van der Waals surface area (Å²) in [4.78, 5) is 24.1. The number of hydrogen-bond acceptors (Lipinski definition) is 4. The molecular weight excluding hydrogens is 276 g/mol. The van der Waals surface area contributed by atoms with E-state index >= 15 is 0 Å². The van der Waals surface area contributed by atoms with E-state index in [2.05, 4.69) is 5.32 Å². The van der Waals surface area contributed by atoms with Crippen LogP contribution in [0.1, 0.15) is 32.6 Å². The normalized spacial score (nSPS) is 16.0. The first kappa shape index (κ1) is 17.7. The predicted octanol–water partition coefficient (Wildman–Crippen LogP) is 1.08. The number of carbonyl (C=O) groups excluding carboxylic acids is 1. The summed E-state index contributed by atoms with van der Waals surface area (Å²) < 4.78 is 10.7. The lowest BCUT2D eigenvalue weighted by Crippen LogP contribution is -2.46. The molecule has 1 fully saturated rings. The van der Waals surface area contributed by atoms with Gasteiger partial charge in [0.05, 0.1) is 19.1 Å². The summed E-state index contributed by atoms with van der Waals surface area (Å²) in [6.07, 6.45) is 2.42. The minimum atomic E-state index is -0.848. The summed E-state index contributed by atoms with van der Waals surface area (Å²) in [6, 6.07) is -0.0458. The van der Waals surface area contributed by atoms with Crippen LogP contribution in [0.25, 0.3) is 0 Å². The summed E-state index contributed by atoms with van der Waals surface area (Å²) in [7, 11) is 0. The van der Waals surface area contributed by atoms with Crippen molar-refractivity contribution in [2.45, 2.75) is 38.7 Å². The smallest absolute Gasteiger partial charge is 0.317 e. The fourth-order valence-corrected chi connectivity index (χ4v) is 2.16. The number of nitrogens with one attached hydrogen (secondary N) is 1. The van der Waals surface area contributed by atoms with Crippen molar-refractivity contribution in [3.8, 4) is 0 Å². The predicted molar refractivity (Wildman–Crippen MR) is 77.3 cm³/mol. The molecule has 7 heteroatoms. The van der Waals surface area contributed by atoms with Crippen LogP contribution in [0.5, 0.6) is 0 Å². The number of rotatable bonds is 9. The summed E-state index contributed by atoms with van der Waals surface area (Å²) in [5.41, 5.74) is 0. The van der Waals surface area contributed by atoms with Crippen LogP contribution in [0.15, 0.2) is 0 Å². The van der Waals surface area contributed by atoms with Crippen molar-refractivity contribution in [2.24, 2.45) is 0 Å². The van der Waals surface area contributed by atoms with Gasteiger partial charge in [-0.1, -0.05) is 0 Å². The SMILES string of the molecule is CCOCCCNC(=O)N1CCC(OCCC(=O)O)CC1. The van der Waals surface area contributed by atoms with Crippen molar-refractivity contribution in [1.82, 2.24) is 10.2 Å². The van der Waals surface area contributed by atoms with Gasteiger partial charge in [0.2, 0.25) is 0 Å². The minimum Gasteiger partial charge on any atom is -0.481 e. The Hall–Kier alpha value is -1.34. The Morgan fingerprint density at radius 1 is 1.29 bits per heavy atom. The van der Waals surface area contributed by atoms with Crippen LogP contribution < -0.4 is 5.32 Å². The van der Waals surface area contributed by atoms with E-state index in [0.29, 0.717) is 32.8 Å². The van der Waals surface area contributed by atoms with E-state index in [-0.39, 0.29) is 25.2 Å². The van der Waals surface area contributed by atoms with Crippen molar-refractivity contribution in [1.29, 1.82) is 0 Å². The highest BCUT2D eigenvalue weighted by Crippen LogP contribution is 2.14. The maximum absolute atomic E-state index is 11.9. The van der Waals surface area contributed by atoms with E-state index in [1.54, 1.807) is 4.90 Å². The van der Waals surface area contributed by atoms with E-state index in [9.17, 15) is 9.59 Å². The molecule has 0 aliphatic carbocycles. The highest BCUT2D eigenvalue weighted by Gasteiger charge is 2.22. The topological polar surface area (TPSA) is 88.1 Å². The molecule has 2 N–H and O–H groups in total. The molecule has 1 rings (SSSR count). The molecule has 21 heavy (non-hydrogen) atoms. The average Bonchev–Trinajstić information content (AvgIpc) is 2.47. The molecule has 0 atom stereocenters. The molecule has 0 aromatic carbocycles. The number of aliphatic carboxylic acids is 1. The first-order valence-corrected chi connectivity index (χ1v) is 7.57. The lowest BCUT2D eigenvalue weighted by Gasteiger charge is -2.31. The second kappa shape index (κ2) is 10.4. The third-order valence-electron chi connectivity index (χ3n) is 3.34. The van der Waals surface area contributed by atoms with Crippen LogP contribution in [-0.4, -0.2) is 67.6 Å². The summed E-state index contributed by atoms with van der Waals surface area (Å²) in [5, 5.41) is 11.4. The Labute approximate surface area is 125 Å². The zero-order valence-corrected chi connectivity index (χ0v) is 12.7. The number of urea groups is 1. The van der Waals surface area contributed by atoms with Crippen molar-refractivity contribution < 1.29 is 24.2 Å². The van der Waals surface area contributed by atoms with Crippen LogP contribution in [0.2, 0.25) is 0 Å². The van der Waals surface area contributed by atoms with Crippen LogP contribution in [-0.2, 0) is 14.3 Å².